The van der Waals surface area contributed by atoms with Gasteiger partial charge in [-0.3, -0.25) is 4.98 Å². The molecule has 3 rings (SSSR count). The van der Waals surface area contributed by atoms with Gasteiger partial charge in [-0.15, -0.1) is 0 Å². The minimum absolute atomic E-state index is 0.0979. The Bertz CT molecular complexity index is 652. The molecular formula is C18H24N4S. The predicted molar refractivity (Wildman–Crippen MR) is 97.2 cm³/mol. The monoisotopic (exact) mass is 328 g/mol. The van der Waals surface area contributed by atoms with Crippen LogP contribution in [0.5, 0.6) is 0 Å². The van der Waals surface area contributed by atoms with Crippen LogP contribution < -0.4 is 5.32 Å². The summed E-state index contributed by atoms with van der Waals surface area (Å²) < 4.78 is 2.30. The van der Waals surface area contributed by atoms with E-state index in [-0.39, 0.29) is 12.1 Å². The van der Waals surface area contributed by atoms with Gasteiger partial charge in [0.15, 0.2) is 5.11 Å². The summed E-state index contributed by atoms with van der Waals surface area (Å²) in [5.74, 6) is 0. The second kappa shape index (κ2) is 7.13. The van der Waals surface area contributed by atoms with Gasteiger partial charge in [0, 0.05) is 31.2 Å². The zero-order chi connectivity index (χ0) is 16.2. The standard InChI is InChI=1S/C18H24N4S/c1-3-5-13-22-17(15-10-8-12-21(15)4-2)16(20-18(22)23)14-9-6-7-11-19-14/h6-12,16-17H,3-5,13H2,1-2H3,(H,20,23). The summed E-state index contributed by atoms with van der Waals surface area (Å²) in [4.78, 5) is 6.90. The van der Waals surface area contributed by atoms with Crippen molar-refractivity contribution in [1.82, 2.24) is 19.8 Å². The average molecular weight is 328 g/mol. The Morgan fingerprint density at radius 3 is 2.78 bits per heavy atom. The molecule has 3 heterocycles. The lowest BCUT2D eigenvalue weighted by Gasteiger charge is -2.28. The molecule has 0 aliphatic carbocycles. The molecule has 1 N–H and O–H groups in total. The van der Waals surface area contributed by atoms with E-state index in [1.807, 2.05) is 18.3 Å². The zero-order valence-electron chi connectivity index (χ0n) is 13.8. The van der Waals surface area contributed by atoms with Crippen molar-refractivity contribution in [3.63, 3.8) is 0 Å². The van der Waals surface area contributed by atoms with Crippen LogP contribution in [0.1, 0.15) is 50.2 Å². The molecule has 0 spiro atoms. The van der Waals surface area contributed by atoms with Crippen molar-refractivity contribution < 1.29 is 0 Å². The molecule has 2 aromatic rings. The Hall–Kier alpha value is -1.88. The van der Waals surface area contributed by atoms with Gasteiger partial charge in [-0.05, 0) is 49.8 Å². The van der Waals surface area contributed by atoms with Crippen LogP contribution in [0.2, 0.25) is 0 Å². The average Bonchev–Trinajstić information content (AvgIpc) is 3.17. The van der Waals surface area contributed by atoms with E-state index < -0.39 is 0 Å². The number of pyridine rings is 1. The third-order valence-corrected chi connectivity index (χ3v) is 4.81. The lowest BCUT2D eigenvalue weighted by molar-refractivity contribution is 0.299. The minimum atomic E-state index is 0.0979. The van der Waals surface area contributed by atoms with Crippen molar-refractivity contribution in [2.24, 2.45) is 0 Å². The fourth-order valence-corrected chi connectivity index (χ4v) is 3.61. The van der Waals surface area contributed by atoms with Crippen molar-refractivity contribution in [3.8, 4) is 0 Å². The number of aromatic nitrogens is 2. The maximum atomic E-state index is 5.64. The van der Waals surface area contributed by atoms with Gasteiger partial charge in [0.05, 0.1) is 17.8 Å². The quantitative estimate of drug-likeness (QED) is 0.820. The molecule has 23 heavy (non-hydrogen) atoms. The van der Waals surface area contributed by atoms with Crippen molar-refractivity contribution in [1.29, 1.82) is 0 Å². The molecule has 2 unspecified atom stereocenters. The van der Waals surface area contributed by atoms with Gasteiger partial charge in [-0.25, -0.2) is 0 Å². The number of nitrogens with one attached hydrogen (secondary N) is 1. The smallest absolute Gasteiger partial charge is 0.170 e. The van der Waals surface area contributed by atoms with Crippen LogP contribution in [0.25, 0.3) is 0 Å². The van der Waals surface area contributed by atoms with E-state index in [0.717, 1.165) is 36.7 Å². The number of thiocarbonyl (C=S) groups is 1. The largest absolute Gasteiger partial charge is 0.352 e. The Morgan fingerprint density at radius 2 is 2.09 bits per heavy atom. The molecule has 1 aliphatic rings. The number of aryl methyl sites for hydroxylation is 1. The van der Waals surface area contributed by atoms with Gasteiger partial charge in [0.1, 0.15) is 0 Å². The van der Waals surface area contributed by atoms with Crippen molar-refractivity contribution in [3.05, 3.63) is 54.1 Å². The number of hydrogen-bond donors (Lipinski definition) is 1. The first-order valence-corrected chi connectivity index (χ1v) is 8.80. The zero-order valence-corrected chi connectivity index (χ0v) is 14.6. The number of rotatable bonds is 6. The molecule has 1 saturated heterocycles. The summed E-state index contributed by atoms with van der Waals surface area (Å²) in [6, 6.07) is 10.7. The maximum absolute atomic E-state index is 5.64. The van der Waals surface area contributed by atoms with Crippen molar-refractivity contribution in [2.75, 3.05) is 6.54 Å². The third-order valence-electron chi connectivity index (χ3n) is 4.46. The lowest BCUT2D eigenvalue weighted by atomic mass is 10.0. The number of unbranched alkanes of at least 4 members (excludes halogenated alkanes) is 1. The van der Waals surface area contributed by atoms with E-state index in [1.54, 1.807) is 0 Å². The van der Waals surface area contributed by atoms with Crippen molar-refractivity contribution >= 4 is 17.3 Å². The molecule has 0 amide bonds. The lowest BCUT2D eigenvalue weighted by Crippen LogP contribution is -2.31. The van der Waals surface area contributed by atoms with Gasteiger partial charge in [0.2, 0.25) is 0 Å². The molecular weight excluding hydrogens is 304 g/mol. The third kappa shape index (κ3) is 3.11. The molecule has 1 fully saturated rings. The van der Waals surface area contributed by atoms with E-state index in [4.69, 9.17) is 12.2 Å². The summed E-state index contributed by atoms with van der Waals surface area (Å²) in [5.41, 5.74) is 2.34. The van der Waals surface area contributed by atoms with Gasteiger partial charge in [0.25, 0.3) is 0 Å². The summed E-state index contributed by atoms with van der Waals surface area (Å²) in [5, 5.41) is 4.34. The maximum Gasteiger partial charge on any atom is 0.170 e. The first-order chi connectivity index (χ1) is 11.3. The molecule has 0 radical (unpaired) electrons. The second-order valence-corrected chi connectivity index (χ2v) is 6.28. The SMILES string of the molecule is CCCCN1C(=S)NC(c2ccccn2)C1c1cccn1CC. The Kier molecular flexibility index (Phi) is 4.96. The highest BCUT2D eigenvalue weighted by molar-refractivity contribution is 7.80. The minimum Gasteiger partial charge on any atom is -0.352 e. The molecule has 4 nitrogen and oxygen atoms in total. The topological polar surface area (TPSA) is 33.1 Å². The summed E-state index contributed by atoms with van der Waals surface area (Å²) in [6.45, 7) is 6.33. The van der Waals surface area contributed by atoms with E-state index in [1.165, 1.54) is 5.69 Å². The highest BCUT2D eigenvalue weighted by Gasteiger charge is 2.40. The Morgan fingerprint density at radius 1 is 1.22 bits per heavy atom. The molecule has 0 aromatic carbocycles. The fraction of sp³-hybridized carbons (Fsp3) is 0.444. The second-order valence-electron chi connectivity index (χ2n) is 5.89. The highest BCUT2D eigenvalue weighted by Crippen LogP contribution is 2.38. The summed E-state index contributed by atoms with van der Waals surface area (Å²) in [7, 11) is 0. The van der Waals surface area contributed by atoms with Crippen molar-refractivity contribution in [2.45, 2.75) is 45.3 Å². The Balaban J connectivity index is 2.00. The molecule has 1 aliphatic heterocycles. The molecule has 0 bridgehead atoms. The number of hydrogen-bond acceptors (Lipinski definition) is 2. The van der Waals surface area contributed by atoms with E-state index in [0.29, 0.717) is 0 Å². The van der Waals surface area contributed by atoms with Gasteiger partial charge in [-0.2, -0.15) is 0 Å². The van der Waals surface area contributed by atoms with Gasteiger partial charge >= 0.3 is 0 Å². The fourth-order valence-electron chi connectivity index (χ4n) is 3.28. The van der Waals surface area contributed by atoms with E-state index in [2.05, 4.69) is 58.0 Å². The molecule has 2 atom stereocenters. The summed E-state index contributed by atoms with van der Waals surface area (Å²) in [6.07, 6.45) is 6.30. The first kappa shape index (κ1) is 16.0. The van der Waals surface area contributed by atoms with Crippen LogP contribution >= 0.6 is 12.2 Å². The van der Waals surface area contributed by atoms with Gasteiger partial charge in [-0.1, -0.05) is 19.4 Å². The Labute approximate surface area is 143 Å². The normalized spacial score (nSPS) is 20.8. The molecule has 2 aromatic heterocycles. The number of nitrogens with zero attached hydrogens (tertiary/aromatic N) is 3. The molecule has 0 saturated carbocycles. The molecule has 5 heteroatoms. The molecule has 122 valence electrons. The van der Waals surface area contributed by atoms with Crippen LogP contribution in [0.15, 0.2) is 42.7 Å². The van der Waals surface area contributed by atoms with Crippen LogP contribution in [0, 0.1) is 0 Å². The van der Waals surface area contributed by atoms with Crippen LogP contribution in [0.3, 0.4) is 0 Å². The van der Waals surface area contributed by atoms with Crippen LogP contribution in [0.4, 0.5) is 0 Å². The van der Waals surface area contributed by atoms with E-state index >= 15 is 0 Å². The van der Waals surface area contributed by atoms with E-state index in [9.17, 15) is 0 Å². The van der Waals surface area contributed by atoms with Crippen LogP contribution in [-0.4, -0.2) is 26.1 Å². The highest BCUT2D eigenvalue weighted by atomic mass is 32.1. The van der Waals surface area contributed by atoms with Crippen LogP contribution in [-0.2, 0) is 6.54 Å². The van der Waals surface area contributed by atoms with Gasteiger partial charge < -0.3 is 14.8 Å². The summed E-state index contributed by atoms with van der Waals surface area (Å²) >= 11 is 5.64. The first-order valence-electron chi connectivity index (χ1n) is 8.39. The predicted octanol–water partition coefficient (Wildman–Crippen LogP) is 3.68.